The van der Waals surface area contributed by atoms with E-state index in [0.29, 0.717) is 6.04 Å². The Morgan fingerprint density at radius 3 is 2.69 bits per heavy atom. The summed E-state index contributed by atoms with van der Waals surface area (Å²) in [5.41, 5.74) is 6.31. The van der Waals surface area contributed by atoms with Gasteiger partial charge in [-0.05, 0) is 26.1 Å². The van der Waals surface area contributed by atoms with E-state index in [1.165, 1.54) is 24.3 Å². The molecule has 1 rings (SSSR count). The SMILES string of the molecule is CCC(CSC)N(C)C1(CN)CSC(C)C1. The zero-order chi connectivity index (χ0) is 12.2. The van der Waals surface area contributed by atoms with Crippen LogP contribution in [0.3, 0.4) is 0 Å². The summed E-state index contributed by atoms with van der Waals surface area (Å²) in [7, 11) is 2.27. The van der Waals surface area contributed by atoms with Gasteiger partial charge in [-0.25, -0.2) is 0 Å². The maximum absolute atomic E-state index is 6.06. The van der Waals surface area contributed by atoms with Crippen LogP contribution in [0.25, 0.3) is 0 Å². The number of hydrogen-bond donors (Lipinski definition) is 1. The van der Waals surface area contributed by atoms with Gasteiger partial charge in [0.2, 0.25) is 0 Å². The molecule has 0 aromatic heterocycles. The van der Waals surface area contributed by atoms with Crippen molar-refractivity contribution in [1.29, 1.82) is 0 Å². The molecule has 0 bridgehead atoms. The Kier molecular flexibility index (Phi) is 5.99. The normalized spacial score (nSPS) is 32.2. The van der Waals surface area contributed by atoms with Crippen molar-refractivity contribution >= 4 is 23.5 Å². The Labute approximate surface area is 109 Å². The van der Waals surface area contributed by atoms with Crippen molar-refractivity contribution < 1.29 is 0 Å². The highest BCUT2D eigenvalue weighted by molar-refractivity contribution is 8.00. The summed E-state index contributed by atoms with van der Waals surface area (Å²) in [5.74, 6) is 2.42. The molecule has 1 fully saturated rings. The first-order valence-electron chi connectivity index (χ1n) is 6.13. The van der Waals surface area contributed by atoms with E-state index in [1.54, 1.807) is 0 Å². The summed E-state index contributed by atoms with van der Waals surface area (Å²) in [5, 5.41) is 0.762. The minimum Gasteiger partial charge on any atom is -0.329 e. The molecule has 0 radical (unpaired) electrons. The van der Waals surface area contributed by atoms with Gasteiger partial charge in [-0.15, -0.1) is 0 Å². The quantitative estimate of drug-likeness (QED) is 0.795. The summed E-state index contributed by atoms with van der Waals surface area (Å²) < 4.78 is 0. The number of nitrogens with zero attached hydrogens (tertiary/aromatic N) is 1. The molecule has 0 aliphatic carbocycles. The molecule has 0 spiro atoms. The number of nitrogens with two attached hydrogens (primary N) is 1. The van der Waals surface area contributed by atoms with Crippen molar-refractivity contribution in [3.05, 3.63) is 0 Å². The highest BCUT2D eigenvalue weighted by Crippen LogP contribution is 2.38. The van der Waals surface area contributed by atoms with E-state index < -0.39 is 0 Å². The predicted molar refractivity (Wildman–Crippen MR) is 78.5 cm³/mol. The van der Waals surface area contributed by atoms with Crippen LogP contribution in [0.5, 0.6) is 0 Å². The molecule has 3 unspecified atom stereocenters. The lowest BCUT2D eigenvalue weighted by atomic mass is 9.92. The molecule has 0 saturated carbocycles. The molecule has 2 N–H and O–H groups in total. The minimum absolute atomic E-state index is 0.250. The van der Waals surface area contributed by atoms with Crippen LogP contribution in [-0.2, 0) is 0 Å². The minimum atomic E-state index is 0.250. The molecular weight excluding hydrogens is 236 g/mol. The van der Waals surface area contributed by atoms with Crippen LogP contribution < -0.4 is 5.73 Å². The number of likely N-dealkylation sites (N-methyl/N-ethyl adjacent to an activating group) is 1. The summed E-state index contributed by atoms with van der Waals surface area (Å²) in [6.07, 6.45) is 4.66. The second-order valence-electron chi connectivity index (χ2n) is 4.88. The van der Waals surface area contributed by atoms with Gasteiger partial charge in [-0.3, -0.25) is 4.90 Å². The van der Waals surface area contributed by atoms with Crippen LogP contribution in [0.4, 0.5) is 0 Å². The van der Waals surface area contributed by atoms with E-state index in [9.17, 15) is 0 Å². The molecule has 1 saturated heterocycles. The maximum Gasteiger partial charge on any atom is 0.0432 e. The molecule has 96 valence electrons. The van der Waals surface area contributed by atoms with Crippen LogP contribution in [0.2, 0.25) is 0 Å². The largest absolute Gasteiger partial charge is 0.329 e. The van der Waals surface area contributed by atoms with E-state index >= 15 is 0 Å². The van der Waals surface area contributed by atoms with Crippen LogP contribution in [0.1, 0.15) is 26.7 Å². The third-order valence-corrected chi connectivity index (χ3v) is 5.97. The molecular formula is C12H26N2S2. The molecule has 16 heavy (non-hydrogen) atoms. The number of hydrogen-bond acceptors (Lipinski definition) is 4. The van der Waals surface area contributed by atoms with Gasteiger partial charge >= 0.3 is 0 Å². The molecule has 0 aromatic carbocycles. The van der Waals surface area contributed by atoms with Crippen molar-refractivity contribution in [2.45, 2.75) is 43.5 Å². The molecule has 0 aromatic rings. The van der Waals surface area contributed by atoms with Gasteiger partial charge in [-0.2, -0.15) is 23.5 Å². The molecule has 0 amide bonds. The summed E-state index contributed by atoms with van der Waals surface area (Å²) in [6.45, 7) is 5.41. The van der Waals surface area contributed by atoms with Gasteiger partial charge < -0.3 is 5.73 Å². The van der Waals surface area contributed by atoms with Crippen LogP contribution in [-0.4, -0.2) is 53.1 Å². The average Bonchev–Trinajstić information content (AvgIpc) is 2.68. The lowest BCUT2D eigenvalue weighted by Gasteiger charge is -2.42. The van der Waals surface area contributed by atoms with Crippen molar-refractivity contribution in [3.8, 4) is 0 Å². The average molecular weight is 262 g/mol. The number of thioether (sulfide) groups is 2. The van der Waals surface area contributed by atoms with Crippen LogP contribution >= 0.6 is 23.5 Å². The van der Waals surface area contributed by atoms with Gasteiger partial charge in [0.25, 0.3) is 0 Å². The summed E-state index contributed by atoms with van der Waals surface area (Å²) in [4.78, 5) is 2.57. The van der Waals surface area contributed by atoms with E-state index in [4.69, 9.17) is 5.73 Å². The zero-order valence-corrected chi connectivity index (χ0v) is 12.7. The van der Waals surface area contributed by atoms with Crippen molar-refractivity contribution in [2.24, 2.45) is 5.73 Å². The van der Waals surface area contributed by atoms with Crippen LogP contribution in [0, 0.1) is 0 Å². The smallest absolute Gasteiger partial charge is 0.0432 e. The zero-order valence-electron chi connectivity index (χ0n) is 11.0. The first kappa shape index (κ1) is 14.7. The van der Waals surface area contributed by atoms with Gasteiger partial charge in [-0.1, -0.05) is 13.8 Å². The Balaban J connectivity index is 2.71. The number of rotatable bonds is 6. The fraction of sp³-hybridized carbons (Fsp3) is 1.00. The van der Waals surface area contributed by atoms with Gasteiger partial charge in [0, 0.05) is 34.9 Å². The van der Waals surface area contributed by atoms with E-state index in [1.807, 2.05) is 11.8 Å². The molecule has 1 aliphatic rings. The standard InChI is InChI=1S/C12H26N2S2/c1-5-11(7-15-4)14(3)12(8-13)6-10(2)16-9-12/h10-11H,5-9,13H2,1-4H3. The predicted octanol–water partition coefficient (Wildman–Crippen LogP) is 2.28. The van der Waals surface area contributed by atoms with Gasteiger partial charge in [0.15, 0.2) is 0 Å². The molecule has 2 nitrogen and oxygen atoms in total. The highest BCUT2D eigenvalue weighted by atomic mass is 32.2. The summed E-state index contributed by atoms with van der Waals surface area (Å²) >= 11 is 4.02. The summed E-state index contributed by atoms with van der Waals surface area (Å²) in [6, 6.07) is 0.671. The lowest BCUT2D eigenvalue weighted by Crippen LogP contribution is -2.57. The molecule has 1 aliphatic heterocycles. The van der Waals surface area contributed by atoms with Gasteiger partial charge in [0.05, 0.1) is 0 Å². The topological polar surface area (TPSA) is 29.3 Å². The second-order valence-corrected chi connectivity index (χ2v) is 7.22. The Bertz CT molecular complexity index is 213. The third-order valence-electron chi connectivity index (χ3n) is 3.81. The first-order chi connectivity index (χ1) is 7.59. The highest BCUT2D eigenvalue weighted by Gasteiger charge is 2.42. The molecule has 1 heterocycles. The van der Waals surface area contributed by atoms with Gasteiger partial charge in [0.1, 0.15) is 0 Å². The third kappa shape index (κ3) is 3.09. The lowest BCUT2D eigenvalue weighted by molar-refractivity contribution is 0.103. The Morgan fingerprint density at radius 1 is 1.62 bits per heavy atom. The fourth-order valence-corrected chi connectivity index (χ4v) is 4.87. The van der Waals surface area contributed by atoms with Crippen molar-refractivity contribution in [3.63, 3.8) is 0 Å². The van der Waals surface area contributed by atoms with Crippen LogP contribution in [0.15, 0.2) is 0 Å². The van der Waals surface area contributed by atoms with E-state index in [-0.39, 0.29) is 5.54 Å². The Morgan fingerprint density at radius 2 is 2.31 bits per heavy atom. The monoisotopic (exact) mass is 262 g/mol. The maximum atomic E-state index is 6.06. The fourth-order valence-electron chi connectivity index (χ4n) is 2.57. The second kappa shape index (κ2) is 6.53. The Hall–Kier alpha value is 0.620. The van der Waals surface area contributed by atoms with Crippen molar-refractivity contribution in [1.82, 2.24) is 4.90 Å². The molecule has 3 atom stereocenters. The molecule has 4 heteroatoms. The van der Waals surface area contributed by atoms with Crippen molar-refractivity contribution in [2.75, 3.05) is 31.4 Å². The first-order valence-corrected chi connectivity index (χ1v) is 8.57. The van der Waals surface area contributed by atoms with E-state index in [2.05, 4.69) is 43.8 Å². The van der Waals surface area contributed by atoms with E-state index in [0.717, 1.165) is 11.8 Å².